The van der Waals surface area contributed by atoms with Crippen molar-refractivity contribution in [2.75, 3.05) is 19.3 Å². The summed E-state index contributed by atoms with van der Waals surface area (Å²) < 4.78 is 30.4. The Morgan fingerprint density at radius 1 is 1.41 bits per heavy atom. The zero-order valence-corrected chi connectivity index (χ0v) is 13.3. The van der Waals surface area contributed by atoms with Gasteiger partial charge in [0.1, 0.15) is 6.61 Å². The van der Waals surface area contributed by atoms with Gasteiger partial charge < -0.3 is 15.4 Å². The molecule has 1 amide bonds. The van der Waals surface area contributed by atoms with E-state index < -0.39 is 22.2 Å². The van der Waals surface area contributed by atoms with Gasteiger partial charge in [-0.05, 0) is 12.0 Å². The minimum atomic E-state index is -3.37. The predicted octanol–water partition coefficient (Wildman–Crippen LogP) is 0.274. The van der Waals surface area contributed by atoms with Crippen LogP contribution >= 0.6 is 0 Å². The monoisotopic (exact) mass is 327 g/mol. The Kier molecular flexibility index (Phi) is 5.38. The molecule has 1 aromatic carbocycles. The van der Waals surface area contributed by atoms with Crippen molar-refractivity contribution >= 4 is 16.1 Å². The number of carbonyl (C=O) groups is 1. The number of rotatable bonds is 4. The molecule has 3 N–H and O–H groups in total. The van der Waals surface area contributed by atoms with Crippen molar-refractivity contribution in [2.24, 2.45) is 5.73 Å². The first-order valence-corrected chi connectivity index (χ1v) is 8.93. The van der Waals surface area contributed by atoms with Gasteiger partial charge in [-0.15, -0.1) is 0 Å². The zero-order valence-electron chi connectivity index (χ0n) is 12.4. The van der Waals surface area contributed by atoms with Crippen LogP contribution in [0.25, 0.3) is 0 Å². The molecule has 1 aliphatic heterocycles. The van der Waals surface area contributed by atoms with Crippen molar-refractivity contribution in [1.29, 1.82) is 0 Å². The SMILES string of the molecule is CS(=O)(=O)N[C@@H]1CN(C(=O)OCc2ccccc2)CC[C@H]1N. The fourth-order valence-electron chi connectivity index (χ4n) is 2.35. The number of hydrogen-bond donors (Lipinski definition) is 2. The van der Waals surface area contributed by atoms with Gasteiger partial charge in [0.2, 0.25) is 10.0 Å². The molecule has 7 nitrogen and oxygen atoms in total. The zero-order chi connectivity index (χ0) is 16.2. The summed E-state index contributed by atoms with van der Waals surface area (Å²) in [4.78, 5) is 13.6. The number of hydrogen-bond acceptors (Lipinski definition) is 5. The van der Waals surface area contributed by atoms with Crippen LogP contribution in [0, 0.1) is 0 Å². The third-order valence-corrected chi connectivity index (χ3v) is 4.23. The normalized spacial score (nSPS) is 22.4. The van der Waals surface area contributed by atoms with Crippen LogP contribution in [0.5, 0.6) is 0 Å². The number of benzene rings is 1. The Hall–Kier alpha value is -1.64. The molecular weight excluding hydrogens is 306 g/mol. The lowest BCUT2D eigenvalue weighted by atomic mass is 10.0. The highest BCUT2D eigenvalue weighted by molar-refractivity contribution is 7.88. The minimum absolute atomic E-state index is 0.187. The van der Waals surface area contributed by atoms with E-state index in [1.165, 1.54) is 4.90 Å². The Labute approximate surface area is 130 Å². The number of piperidine rings is 1. The quantitative estimate of drug-likeness (QED) is 0.827. The molecule has 1 saturated heterocycles. The van der Waals surface area contributed by atoms with Crippen LogP contribution in [-0.2, 0) is 21.4 Å². The summed E-state index contributed by atoms with van der Waals surface area (Å²) in [6, 6.07) is 8.56. The summed E-state index contributed by atoms with van der Waals surface area (Å²) in [5.74, 6) is 0. The van der Waals surface area contributed by atoms with Crippen molar-refractivity contribution in [3.63, 3.8) is 0 Å². The summed E-state index contributed by atoms with van der Waals surface area (Å²) in [5.41, 5.74) is 6.81. The van der Waals surface area contributed by atoms with E-state index in [-0.39, 0.29) is 19.2 Å². The van der Waals surface area contributed by atoms with E-state index in [0.29, 0.717) is 13.0 Å². The molecule has 2 atom stereocenters. The van der Waals surface area contributed by atoms with Crippen molar-refractivity contribution in [2.45, 2.75) is 25.1 Å². The first kappa shape index (κ1) is 16.7. The van der Waals surface area contributed by atoms with Crippen molar-refractivity contribution in [1.82, 2.24) is 9.62 Å². The van der Waals surface area contributed by atoms with Gasteiger partial charge in [-0.3, -0.25) is 0 Å². The van der Waals surface area contributed by atoms with Gasteiger partial charge in [-0.2, -0.15) is 0 Å². The lowest BCUT2D eigenvalue weighted by molar-refractivity contribution is 0.0821. The van der Waals surface area contributed by atoms with Gasteiger partial charge >= 0.3 is 6.09 Å². The standard InChI is InChI=1S/C14H21N3O4S/c1-22(19,20)16-13-9-17(8-7-12(13)15)14(18)21-10-11-5-3-2-4-6-11/h2-6,12-13,16H,7-10,15H2,1H3/t12-,13-/m1/s1. The lowest BCUT2D eigenvalue weighted by Crippen LogP contribution is -2.59. The average Bonchev–Trinajstić information content (AvgIpc) is 2.47. The van der Waals surface area contributed by atoms with Crippen LogP contribution < -0.4 is 10.5 Å². The second kappa shape index (κ2) is 7.08. The third kappa shape index (κ3) is 4.97. The van der Waals surface area contributed by atoms with Crippen LogP contribution in [-0.4, -0.2) is 50.8 Å². The summed E-state index contributed by atoms with van der Waals surface area (Å²) in [7, 11) is -3.37. The largest absolute Gasteiger partial charge is 0.445 e. The molecule has 22 heavy (non-hydrogen) atoms. The number of amides is 1. The predicted molar refractivity (Wildman–Crippen MR) is 82.6 cm³/mol. The fraction of sp³-hybridized carbons (Fsp3) is 0.500. The van der Waals surface area contributed by atoms with Crippen LogP contribution in [0.4, 0.5) is 4.79 Å². The second-order valence-corrected chi connectivity index (χ2v) is 7.22. The van der Waals surface area contributed by atoms with Crippen molar-refractivity contribution in [3.8, 4) is 0 Å². The number of nitrogens with two attached hydrogens (primary N) is 1. The van der Waals surface area contributed by atoms with Gasteiger partial charge in [0.15, 0.2) is 0 Å². The first-order chi connectivity index (χ1) is 10.3. The number of nitrogens with one attached hydrogen (secondary N) is 1. The van der Waals surface area contributed by atoms with E-state index in [2.05, 4.69) is 4.72 Å². The van der Waals surface area contributed by atoms with E-state index in [9.17, 15) is 13.2 Å². The maximum Gasteiger partial charge on any atom is 0.410 e. The molecule has 2 rings (SSSR count). The Bertz CT molecular complexity index is 606. The van der Waals surface area contributed by atoms with Crippen molar-refractivity contribution in [3.05, 3.63) is 35.9 Å². The van der Waals surface area contributed by atoms with Gasteiger partial charge in [-0.1, -0.05) is 30.3 Å². The summed E-state index contributed by atoms with van der Waals surface area (Å²) in [6.45, 7) is 0.852. The van der Waals surface area contributed by atoms with E-state index >= 15 is 0 Å². The highest BCUT2D eigenvalue weighted by atomic mass is 32.2. The second-order valence-electron chi connectivity index (χ2n) is 5.44. The van der Waals surface area contributed by atoms with Gasteiger partial charge in [-0.25, -0.2) is 17.9 Å². The number of likely N-dealkylation sites (tertiary alicyclic amines) is 1. The molecule has 1 aromatic rings. The summed E-state index contributed by atoms with van der Waals surface area (Å²) >= 11 is 0. The molecule has 0 bridgehead atoms. The molecule has 1 fully saturated rings. The Morgan fingerprint density at radius 2 is 2.09 bits per heavy atom. The molecule has 0 spiro atoms. The molecule has 8 heteroatoms. The van der Waals surface area contributed by atoms with Crippen molar-refractivity contribution < 1.29 is 17.9 Å². The number of sulfonamides is 1. The van der Waals surface area contributed by atoms with E-state index in [0.717, 1.165) is 11.8 Å². The Morgan fingerprint density at radius 3 is 2.73 bits per heavy atom. The summed E-state index contributed by atoms with van der Waals surface area (Å²) in [5, 5.41) is 0. The molecule has 122 valence electrons. The Balaban J connectivity index is 1.90. The number of ether oxygens (including phenoxy) is 1. The summed E-state index contributed by atoms with van der Waals surface area (Å²) in [6.07, 6.45) is 1.14. The van der Waals surface area contributed by atoms with Crippen LogP contribution in [0.3, 0.4) is 0 Å². The molecule has 0 unspecified atom stereocenters. The molecule has 0 radical (unpaired) electrons. The van der Waals surface area contributed by atoms with Crippen LogP contribution in [0.15, 0.2) is 30.3 Å². The smallest absolute Gasteiger partial charge is 0.410 e. The molecule has 0 aliphatic carbocycles. The molecule has 1 aliphatic rings. The van der Waals surface area contributed by atoms with E-state index in [1.807, 2.05) is 30.3 Å². The topological polar surface area (TPSA) is 102 Å². The number of carbonyl (C=O) groups excluding carboxylic acids is 1. The van der Waals surface area contributed by atoms with Crippen LogP contribution in [0.2, 0.25) is 0 Å². The maximum absolute atomic E-state index is 12.1. The maximum atomic E-state index is 12.1. The fourth-order valence-corrected chi connectivity index (χ4v) is 3.15. The minimum Gasteiger partial charge on any atom is -0.445 e. The molecular formula is C14H21N3O4S. The van der Waals surface area contributed by atoms with Gasteiger partial charge in [0.25, 0.3) is 0 Å². The van der Waals surface area contributed by atoms with Gasteiger partial charge in [0, 0.05) is 19.1 Å². The van der Waals surface area contributed by atoms with E-state index in [1.54, 1.807) is 0 Å². The van der Waals surface area contributed by atoms with Crippen LogP contribution in [0.1, 0.15) is 12.0 Å². The van der Waals surface area contributed by atoms with Gasteiger partial charge in [0.05, 0.1) is 12.3 Å². The molecule has 1 heterocycles. The first-order valence-electron chi connectivity index (χ1n) is 7.03. The average molecular weight is 327 g/mol. The molecule has 0 aromatic heterocycles. The number of nitrogens with zero attached hydrogens (tertiary/aromatic N) is 1. The highest BCUT2D eigenvalue weighted by Gasteiger charge is 2.31. The lowest BCUT2D eigenvalue weighted by Gasteiger charge is -2.36. The highest BCUT2D eigenvalue weighted by Crippen LogP contribution is 2.12. The molecule has 0 saturated carbocycles. The van der Waals surface area contributed by atoms with E-state index in [4.69, 9.17) is 10.5 Å². The third-order valence-electron chi connectivity index (χ3n) is 3.50.